The molecule has 0 amide bonds. The Kier molecular flexibility index (Phi) is 4.16. The zero-order valence-electron chi connectivity index (χ0n) is 16.5. The van der Waals surface area contributed by atoms with E-state index in [0.29, 0.717) is 23.0 Å². The minimum atomic E-state index is -0.896. The number of carbonyl (C=O) groups excluding carboxylic acids is 1. The number of rotatable bonds is 2. The molecule has 4 aliphatic rings. The highest BCUT2D eigenvalue weighted by Crippen LogP contribution is 2.68. The second-order valence-electron chi connectivity index (χ2n) is 10.3. The van der Waals surface area contributed by atoms with E-state index in [1.165, 1.54) is 32.1 Å². The first-order chi connectivity index (χ1) is 11.7. The molecule has 3 nitrogen and oxygen atoms in total. The SMILES string of the molecule is CO[C@@]1(O)CC[C@]2(C)C3CC[C@@]4(C)C(CC[C@@H]4C(C)=O)C3CC[C@H]2C1. The summed E-state index contributed by atoms with van der Waals surface area (Å²) >= 11 is 0. The number of methoxy groups -OCH3 is 1. The van der Waals surface area contributed by atoms with Crippen molar-refractivity contribution in [2.45, 2.75) is 84.3 Å². The molecule has 0 aromatic rings. The fourth-order valence-electron chi connectivity index (χ4n) is 8.06. The fraction of sp³-hybridized carbons (Fsp3) is 0.955. The van der Waals surface area contributed by atoms with Crippen LogP contribution in [0.5, 0.6) is 0 Å². The molecule has 8 atom stereocenters. The summed E-state index contributed by atoms with van der Waals surface area (Å²) in [6, 6.07) is 0. The molecule has 4 rings (SSSR count). The van der Waals surface area contributed by atoms with E-state index in [9.17, 15) is 9.90 Å². The zero-order chi connectivity index (χ0) is 18.0. The van der Waals surface area contributed by atoms with Gasteiger partial charge in [-0.2, -0.15) is 0 Å². The maximum Gasteiger partial charge on any atom is 0.165 e. The van der Waals surface area contributed by atoms with Crippen LogP contribution in [0.4, 0.5) is 0 Å². The summed E-state index contributed by atoms with van der Waals surface area (Å²) in [5.41, 5.74) is 0.599. The van der Waals surface area contributed by atoms with Gasteiger partial charge < -0.3 is 9.84 Å². The van der Waals surface area contributed by atoms with Gasteiger partial charge in [0.2, 0.25) is 0 Å². The maximum atomic E-state index is 12.2. The molecular weight excluding hydrogens is 312 g/mol. The largest absolute Gasteiger partial charge is 0.365 e. The molecule has 0 aromatic carbocycles. The molecule has 142 valence electrons. The first-order valence-electron chi connectivity index (χ1n) is 10.5. The van der Waals surface area contributed by atoms with Crippen LogP contribution in [0.2, 0.25) is 0 Å². The molecule has 4 saturated carbocycles. The Bertz CT molecular complexity index is 559. The van der Waals surface area contributed by atoms with Gasteiger partial charge in [0, 0.05) is 25.9 Å². The lowest BCUT2D eigenvalue weighted by Crippen LogP contribution is -2.56. The van der Waals surface area contributed by atoms with Crippen molar-refractivity contribution in [3.63, 3.8) is 0 Å². The van der Waals surface area contributed by atoms with Crippen LogP contribution in [0.25, 0.3) is 0 Å². The van der Waals surface area contributed by atoms with Crippen molar-refractivity contribution >= 4 is 5.78 Å². The predicted octanol–water partition coefficient (Wildman–Crippen LogP) is 4.57. The number of aliphatic hydroxyl groups is 1. The Balaban J connectivity index is 1.59. The molecule has 0 heterocycles. The third kappa shape index (κ3) is 2.48. The Morgan fingerprint density at radius 2 is 1.68 bits per heavy atom. The predicted molar refractivity (Wildman–Crippen MR) is 97.9 cm³/mol. The van der Waals surface area contributed by atoms with Crippen LogP contribution >= 0.6 is 0 Å². The van der Waals surface area contributed by atoms with Gasteiger partial charge in [0.15, 0.2) is 5.79 Å². The van der Waals surface area contributed by atoms with Gasteiger partial charge in [-0.05, 0) is 86.4 Å². The van der Waals surface area contributed by atoms with Crippen LogP contribution in [0.1, 0.15) is 78.6 Å². The summed E-state index contributed by atoms with van der Waals surface area (Å²) in [4.78, 5) is 12.2. The van der Waals surface area contributed by atoms with E-state index in [2.05, 4.69) is 13.8 Å². The van der Waals surface area contributed by atoms with Gasteiger partial charge in [0.25, 0.3) is 0 Å². The number of carbonyl (C=O) groups is 1. The Morgan fingerprint density at radius 3 is 2.36 bits per heavy atom. The van der Waals surface area contributed by atoms with Crippen LogP contribution in [-0.2, 0) is 9.53 Å². The lowest BCUT2D eigenvalue weighted by molar-refractivity contribution is -0.247. The zero-order valence-corrected chi connectivity index (χ0v) is 16.5. The van der Waals surface area contributed by atoms with Crippen LogP contribution in [-0.4, -0.2) is 23.8 Å². The minimum absolute atomic E-state index is 0.248. The lowest BCUT2D eigenvalue weighted by atomic mass is 9.44. The van der Waals surface area contributed by atoms with Crippen molar-refractivity contribution < 1.29 is 14.6 Å². The van der Waals surface area contributed by atoms with Crippen molar-refractivity contribution in [2.75, 3.05) is 7.11 Å². The van der Waals surface area contributed by atoms with Crippen molar-refractivity contribution in [3.8, 4) is 0 Å². The molecule has 3 heteroatoms. The van der Waals surface area contributed by atoms with Crippen LogP contribution in [0, 0.1) is 40.4 Å². The highest BCUT2D eigenvalue weighted by molar-refractivity contribution is 5.79. The number of hydrogen-bond acceptors (Lipinski definition) is 3. The second kappa shape index (κ2) is 5.79. The van der Waals surface area contributed by atoms with Gasteiger partial charge in [-0.3, -0.25) is 4.79 Å². The monoisotopic (exact) mass is 348 g/mol. The summed E-state index contributed by atoms with van der Waals surface area (Å²) in [5.74, 6) is 2.71. The third-order valence-corrected chi connectivity index (χ3v) is 9.56. The first-order valence-corrected chi connectivity index (χ1v) is 10.5. The van der Waals surface area contributed by atoms with E-state index in [1.807, 2.05) is 6.92 Å². The molecule has 4 fully saturated rings. The Hall–Kier alpha value is -0.410. The molecule has 3 unspecified atom stereocenters. The molecule has 0 spiro atoms. The topological polar surface area (TPSA) is 46.5 Å². The summed E-state index contributed by atoms with van der Waals surface area (Å²) in [6.07, 6.45) is 10.0. The van der Waals surface area contributed by atoms with E-state index in [1.54, 1.807) is 7.11 Å². The summed E-state index contributed by atoms with van der Waals surface area (Å²) in [7, 11) is 1.65. The van der Waals surface area contributed by atoms with Gasteiger partial charge in [-0.25, -0.2) is 0 Å². The third-order valence-electron chi connectivity index (χ3n) is 9.56. The molecule has 1 N–H and O–H groups in total. The van der Waals surface area contributed by atoms with Crippen molar-refractivity contribution in [3.05, 3.63) is 0 Å². The molecule has 0 radical (unpaired) electrons. The first kappa shape index (κ1) is 18.0. The number of Topliss-reactive ketones (excluding diaryl/α,β-unsaturated/α-hetero) is 1. The normalized spacial score (nSPS) is 55.2. The molecule has 25 heavy (non-hydrogen) atoms. The fourth-order valence-corrected chi connectivity index (χ4v) is 8.06. The van der Waals surface area contributed by atoms with Crippen LogP contribution in [0.15, 0.2) is 0 Å². The Morgan fingerprint density at radius 1 is 0.960 bits per heavy atom. The number of ketones is 1. The van der Waals surface area contributed by atoms with Crippen LogP contribution < -0.4 is 0 Å². The number of fused-ring (bicyclic) bond motifs is 5. The molecule has 0 bridgehead atoms. The van der Waals surface area contributed by atoms with Gasteiger partial charge >= 0.3 is 0 Å². The van der Waals surface area contributed by atoms with E-state index < -0.39 is 5.79 Å². The molecule has 0 saturated heterocycles. The lowest BCUT2D eigenvalue weighted by Gasteiger charge is -2.61. The van der Waals surface area contributed by atoms with E-state index in [-0.39, 0.29) is 5.41 Å². The number of ether oxygens (including phenoxy) is 1. The van der Waals surface area contributed by atoms with E-state index in [4.69, 9.17) is 4.74 Å². The summed E-state index contributed by atoms with van der Waals surface area (Å²) in [6.45, 7) is 6.74. The highest BCUT2D eigenvalue weighted by Gasteiger charge is 2.61. The molecule has 0 aromatic heterocycles. The maximum absolute atomic E-state index is 12.2. The van der Waals surface area contributed by atoms with E-state index in [0.717, 1.165) is 43.4 Å². The van der Waals surface area contributed by atoms with Crippen molar-refractivity contribution in [2.24, 2.45) is 40.4 Å². The second-order valence-corrected chi connectivity index (χ2v) is 10.3. The summed E-state index contributed by atoms with van der Waals surface area (Å²) in [5, 5.41) is 10.7. The van der Waals surface area contributed by atoms with Crippen molar-refractivity contribution in [1.29, 1.82) is 0 Å². The molecular formula is C22H36O3. The molecule has 0 aliphatic heterocycles. The number of hydrogen-bond donors (Lipinski definition) is 1. The van der Waals surface area contributed by atoms with Gasteiger partial charge in [-0.1, -0.05) is 13.8 Å². The standard InChI is InChI=1S/C22H36O3/c1-14(23)17-7-8-18-16-6-5-15-13-22(24,25-4)12-11-20(15,2)19(16)9-10-21(17,18)3/h15-19,24H,5-13H2,1-4H3/t15-,16?,17+,18?,19?,20-,21+,22-/m0/s1. The Labute approximate surface area is 152 Å². The van der Waals surface area contributed by atoms with Crippen LogP contribution in [0.3, 0.4) is 0 Å². The van der Waals surface area contributed by atoms with Gasteiger partial charge in [-0.15, -0.1) is 0 Å². The highest BCUT2D eigenvalue weighted by atomic mass is 16.6. The van der Waals surface area contributed by atoms with Crippen molar-refractivity contribution in [1.82, 2.24) is 0 Å². The summed E-state index contributed by atoms with van der Waals surface area (Å²) < 4.78 is 5.45. The smallest absolute Gasteiger partial charge is 0.165 e. The average molecular weight is 349 g/mol. The molecule has 4 aliphatic carbocycles. The van der Waals surface area contributed by atoms with Gasteiger partial charge in [0.05, 0.1) is 0 Å². The van der Waals surface area contributed by atoms with Gasteiger partial charge in [0.1, 0.15) is 5.78 Å². The average Bonchev–Trinajstić information content (AvgIpc) is 2.93. The van der Waals surface area contributed by atoms with E-state index >= 15 is 0 Å². The quantitative estimate of drug-likeness (QED) is 0.744. The minimum Gasteiger partial charge on any atom is -0.365 e.